The lowest BCUT2D eigenvalue weighted by Gasteiger charge is -2.29. The van der Waals surface area contributed by atoms with E-state index in [1.54, 1.807) is 14.0 Å². The molecule has 0 atom stereocenters. The van der Waals surface area contributed by atoms with Crippen LogP contribution in [0.1, 0.15) is 13.3 Å². The molecule has 6 nitrogen and oxygen atoms in total. The van der Waals surface area contributed by atoms with Gasteiger partial charge in [0.05, 0.1) is 13.2 Å². The average molecular weight is 255 g/mol. The number of esters is 1. The van der Waals surface area contributed by atoms with Crippen LogP contribution in [0, 0.1) is 0 Å². The lowest BCUT2D eigenvalue weighted by atomic mass is 10.2. The maximum Gasteiger partial charge on any atom is 0.343 e. The number of aliphatic imine (C=N–C) groups is 1. The summed E-state index contributed by atoms with van der Waals surface area (Å²) in [4.78, 5) is 18.2. The van der Waals surface area contributed by atoms with Crippen LogP contribution >= 0.6 is 0 Å². The molecule has 0 amide bonds. The Bertz CT molecular complexity index is 339. The highest BCUT2D eigenvalue weighted by Gasteiger charge is 2.24. The van der Waals surface area contributed by atoms with E-state index in [4.69, 9.17) is 15.2 Å². The van der Waals surface area contributed by atoms with Gasteiger partial charge in [0.2, 0.25) is 0 Å². The maximum absolute atomic E-state index is 11.8. The predicted octanol–water partition coefficient (Wildman–Crippen LogP) is 0.143. The van der Waals surface area contributed by atoms with Gasteiger partial charge >= 0.3 is 5.97 Å². The number of ether oxygens (including phenoxy) is 2. The van der Waals surface area contributed by atoms with Gasteiger partial charge in [-0.15, -0.1) is 0 Å². The fourth-order valence-corrected chi connectivity index (χ4v) is 1.77. The molecule has 1 aliphatic heterocycles. The summed E-state index contributed by atoms with van der Waals surface area (Å²) >= 11 is 0. The Morgan fingerprint density at radius 3 is 3.00 bits per heavy atom. The summed E-state index contributed by atoms with van der Waals surface area (Å²) in [5.41, 5.74) is 5.85. The van der Waals surface area contributed by atoms with Crippen molar-refractivity contribution >= 4 is 11.8 Å². The minimum absolute atomic E-state index is 0.321. The van der Waals surface area contributed by atoms with E-state index >= 15 is 0 Å². The van der Waals surface area contributed by atoms with Crippen molar-refractivity contribution in [2.24, 2.45) is 10.7 Å². The van der Waals surface area contributed by atoms with Crippen LogP contribution in [0.5, 0.6) is 0 Å². The molecule has 6 heteroatoms. The van der Waals surface area contributed by atoms with Crippen molar-refractivity contribution in [3.63, 3.8) is 0 Å². The van der Waals surface area contributed by atoms with Gasteiger partial charge in [-0.1, -0.05) is 0 Å². The number of carbonyl (C=O) groups is 1. The van der Waals surface area contributed by atoms with E-state index in [9.17, 15) is 4.79 Å². The second-order valence-corrected chi connectivity index (χ2v) is 3.84. The van der Waals surface area contributed by atoms with Crippen LogP contribution in [0.2, 0.25) is 0 Å². The Hall–Kier alpha value is -1.56. The van der Waals surface area contributed by atoms with Gasteiger partial charge in [-0.3, -0.25) is 4.99 Å². The molecule has 0 aromatic carbocycles. The number of carbonyl (C=O) groups excluding carboxylic acids is 1. The molecule has 0 saturated heterocycles. The number of rotatable bonds is 6. The Kier molecular flexibility index (Phi) is 6.21. The van der Waals surface area contributed by atoms with Crippen LogP contribution in [-0.4, -0.2) is 56.7 Å². The third kappa shape index (κ3) is 3.73. The van der Waals surface area contributed by atoms with E-state index in [0.29, 0.717) is 37.7 Å². The van der Waals surface area contributed by atoms with Gasteiger partial charge in [-0.05, 0) is 13.3 Å². The summed E-state index contributed by atoms with van der Waals surface area (Å²) < 4.78 is 10.0. The molecule has 0 aliphatic carbocycles. The molecule has 0 spiro atoms. The highest BCUT2D eigenvalue weighted by Crippen LogP contribution is 2.11. The Morgan fingerprint density at radius 2 is 2.39 bits per heavy atom. The quantitative estimate of drug-likeness (QED) is 0.540. The standard InChI is InChI=1S/C12H21N3O3/c1-3-18-12(16)10(9-13)11-14-5-4-6-15(11)7-8-17-2/h9H,3-8,13H2,1-2H3. The first kappa shape index (κ1) is 14.5. The van der Waals surface area contributed by atoms with Crippen LogP contribution in [-0.2, 0) is 14.3 Å². The lowest BCUT2D eigenvalue weighted by Crippen LogP contribution is -2.41. The van der Waals surface area contributed by atoms with E-state index in [-0.39, 0.29) is 0 Å². The maximum atomic E-state index is 11.8. The monoisotopic (exact) mass is 255 g/mol. The minimum atomic E-state index is -0.428. The predicted molar refractivity (Wildman–Crippen MR) is 69.3 cm³/mol. The van der Waals surface area contributed by atoms with Gasteiger partial charge in [0.1, 0.15) is 11.4 Å². The molecular formula is C12H21N3O3. The summed E-state index contributed by atoms with van der Waals surface area (Å²) in [6.45, 7) is 4.90. The largest absolute Gasteiger partial charge is 0.462 e. The zero-order valence-electron chi connectivity index (χ0n) is 11.0. The van der Waals surface area contributed by atoms with Crippen LogP contribution in [0.25, 0.3) is 0 Å². The third-order valence-electron chi connectivity index (χ3n) is 2.62. The second-order valence-electron chi connectivity index (χ2n) is 3.84. The fraction of sp³-hybridized carbons (Fsp3) is 0.667. The molecule has 102 valence electrons. The number of nitrogens with two attached hydrogens (primary N) is 1. The van der Waals surface area contributed by atoms with E-state index in [0.717, 1.165) is 13.0 Å². The molecule has 0 radical (unpaired) electrons. The zero-order chi connectivity index (χ0) is 13.4. The summed E-state index contributed by atoms with van der Waals surface area (Å²) in [5.74, 6) is 0.183. The Morgan fingerprint density at radius 1 is 1.61 bits per heavy atom. The second kappa shape index (κ2) is 7.71. The van der Waals surface area contributed by atoms with E-state index in [1.165, 1.54) is 6.20 Å². The molecule has 1 aliphatic rings. The van der Waals surface area contributed by atoms with Crippen molar-refractivity contribution in [2.75, 3.05) is 40.0 Å². The number of amidine groups is 1. The molecule has 0 bridgehead atoms. The highest BCUT2D eigenvalue weighted by atomic mass is 16.5. The topological polar surface area (TPSA) is 77.2 Å². The van der Waals surface area contributed by atoms with Gasteiger partial charge < -0.3 is 20.1 Å². The van der Waals surface area contributed by atoms with Crippen LogP contribution in [0.4, 0.5) is 0 Å². The third-order valence-corrected chi connectivity index (χ3v) is 2.62. The van der Waals surface area contributed by atoms with Gasteiger partial charge in [-0.25, -0.2) is 4.79 Å². The number of methoxy groups -OCH3 is 1. The van der Waals surface area contributed by atoms with Gasteiger partial charge in [-0.2, -0.15) is 0 Å². The lowest BCUT2D eigenvalue weighted by molar-refractivity contribution is -0.137. The van der Waals surface area contributed by atoms with Crippen molar-refractivity contribution in [3.8, 4) is 0 Å². The molecule has 0 aromatic rings. The Balaban J connectivity index is 2.81. The van der Waals surface area contributed by atoms with Crippen molar-refractivity contribution in [1.29, 1.82) is 0 Å². The average Bonchev–Trinajstić information content (AvgIpc) is 2.39. The molecule has 0 fully saturated rings. The van der Waals surface area contributed by atoms with Gasteiger partial charge in [0, 0.05) is 32.9 Å². The molecule has 0 saturated carbocycles. The Labute approximate surface area is 107 Å². The fourth-order valence-electron chi connectivity index (χ4n) is 1.77. The molecule has 0 aromatic heterocycles. The molecule has 1 heterocycles. The van der Waals surface area contributed by atoms with Crippen molar-refractivity contribution < 1.29 is 14.3 Å². The van der Waals surface area contributed by atoms with E-state index < -0.39 is 5.97 Å². The zero-order valence-corrected chi connectivity index (χ0v) is 11.0. The summed E-state index contributed by atoms with van der Waals surface area (Å²) in [6.07, 6.45) is 2.23. The molecule has 1 rings (SSSR count). The summed E-state index contributed by atoms with van der Waals surface area (Å²) in [7, 11) is 1.64. The molecule has 0 unspecified atom stereocenters. The number of nitrogens with zero attached hydrogens (tertiary/aromatic N) is 2. The molecule has 18 heavy (non-hydrogen) atoms. The van der Waals surface area contributed by atoms with Crippen molar-refractivity contribution in [3.05, 3.63) is 11.8 Å². The normalized spacial score (nSPS) is 16.4. The molecule has 2 N–H and O–H groups in total. The van der Waals surface area contributed by atoms with Gasteiger partial charge in [0.25, 0.3) is 0 Å². The number of hydrogen-bond acceptors (Lipinski definition) is 6. The first-order chi connectivity index (χ1) is 8.74. The van der Waals surface area contributed by atoms with Crippen molar-refractivity contribution in [1.82, 2.24) is 4.90 Å². The van der Waals surface area contributed by atoms with Crippen LogP contribution < -0.4 is 5.73 Å². The van der Waals surface area contributed by atoms with E-state index in [2.05, 4.69) is 4.99 Å². The van der Waals surface area contributed by atoms with Crippen molar-refractivity contribution in [2.45, 2.75) is 13.3 Å². The first-order valence-corrected chi connectivity index (χ1v) is 6.12. The molecular weight excluding hydrogens is 234 g/mol. The highest BCUT2D eigenvalue weighted by molar-refractivity contribution is 6.18. The van der Waals surface area contributed by atoms with Gasteiger partial charge in [0.15, 0.2) is 0 Å². The van der Waals surface area contributed by atoms with E-state index in [1.807, 2.05) is 4.90 Å². The number of hydrogen-bond donors (Lipinski definition) is 1. The smallest absolute Gasteiger partial charge is 0.343 e. The van der Waals surface area contributed by atoms with Crippen LogP contribution in [0.15, 0.2) is 16.8 Å². The van der Waals surface area contributed by atoms with Crippen LogP contribution in [0.3, 0.4) is 0 Å². The SMILES string of the molecule is CCOC(=O)C(=CN)C1=NCCCN1CCOC. The summed E-state index contributed by atoms with van der Waals surface area (Å²) in [5, 5.41) is 0. The first-order valence-electron chi connectivity index (χ1n) is 6.12. The minimum Gasteiger partial charge on any atom is -0.462 e. The summed E-state index contributed by atoms with van der Waals surface area (Å²) in [6, 6.07) is 0.